The van der Waals surface area contributed by atoms with Crippen LogP contribution in [0.25, 0.3) is 0 Å². The molecule has 1 aromatic heterocycles. The van der Waals surface area contributed by atoms with Gasteiger partial charge in [0, 0.05) is 24.1 Å². The first-order valence-electron chi connectivity index (χ1n) is 15.5. The van der Waals surface area contributed by atoms with Gasteiger partial charge in [0.2, 0.25) is 35.4 Å². The summed E-state index contributed by atoms with van der Waals surface area (Å²) in [6.07, 6.45) is 6.46. The van der Waals surface area contributed by atoms with Gasteiger partial charge in [-0.25, -0.2) is 9.78 Å². The van der Waals surface area contributed by atoms with E-state index < -0.39 is 84.1 Å². The van der Waals surface area contributed by atoms with Crippen molar-refractivity contribution in [1.29, 1.82) is 0 Å². The number of primary amides is 1. The van der Waals surface area contributed by atoms with E-state index in [1.165, 1.54) is 36.0 Å². The molecule has 0 bridgehead atoms. The summed E-state index contributed by atoms with van der Waals surface area (Å²) in [5.74, 6) is -5.11. The number of carboxylic acids is 1. The highest BCUT2D eigenvalue weighted by molar-refractivity contribution is 7.98. The van der Waals surface area contributed by atoms with E-state index in [1.54, 1.807) is 6.26 Å². The maximum atomic E-state index is 13.7. The molecule has 1 heterocycles. The van der Waals surface area contributed by atoms with E-state index in [2.05, 4.69) is 49.2 Å². The number of aromatic nitrogens is 2. The van der Waals surface area contributed by atoms with Gasteiger partial charge in [0.25, 0.3) is 0 Å². The lowest BCUT2D eigenvalue weighted by molar-refractivity contribution is -0.143. The van der Waals surface area contributed by atoms with Gasteiger partial charge in [0.1, 0.15) is 30.2 Å². The molecule has 276 valence electrons. The number of imidazole rings is 1. The molecular formula is C29H49N9O8S3. The van der Waals surface area contributed by atoms with Crippen molar-refractivity contribution in [2.45, 2.75) is 82.2 Å². The zero-order chi connectivity index (χ0) is 37.1. The Bertz CT molecular complexity index is 1260. The van der Waals surface area contributed by atoms with E-state index in [-0.39, 0.29) is 30.9 Å². The molecule has 49 heavy (non-hydrogen) atoms. The molecule has 0 spiro atoms. The van der Waals surface area contributed by atoms with Crippen LogP contribution in [0.4, 0.5) is 0 Å². The SMILES string of the molecule is CSCC[C@H](NC(=O)[C@H](CC(C)C)NC(=O)[C@H](Cc1cnc[nH]1)NC(=O)[C@H](CS)NC(=O)[C@@H](N)CCSC)C(=O)N[C@@H](CC(N)=O)C(=O)O. The molecular weight excluding hydrogens is 699 g/mol. The van der Waals surface area contributed by atoms with E-state index in [1.807, 2.05) is 20.1 Å². The number of carbonyl (C=O) groups is 7. The Labute approximate surface area is 299 Å². The number of H-pyrrole nitrogens is 1. The molecule has 0 fully saturated rings. The lowest BCUT2D eigenvalue weighted by atomic mass is 10.0. The highest BCUT2D eigenvalue weighted by Crippen LogP contribution is 2.10. The molecule has 0 aromatic carbocycles. The first-order chi connectivity index (χ1) is 23.1. The van der Waals surface area contributed by atoms with Crippen LogP contribution in [0, 0.1) is 5.92 Å². The molecule has 11 N–H and O–H groups in total. The molecule has 17 nitrogen and oxygen atoms in total. The predicted molar refractivity (Wildman–Crippen MR) is 191 cm³/mol. The second-order valence-electron chi connectivity index (χ2n) is 11.6. The molecule has 1 rings (SSSR count). The van der Waals surface area contributed by atoms with E-state index in [9.17, 15) is 38.7 Å². The first-order valence-corrected chi connectivity index (χ1v) is 18.9. The highest BCUT2D eigenvalue weighted by Gasteiger charge is 2.33. The minimum atomic E-state index is -1.60. The fourth-order valence-corrected chi connectivity index (χ4v) is 5.59. The van der Waals surface area contributed by atoms with Crippen molar-refractivity contribution >= 4 is 77.6 Å². The number of thiol groups is 1. The summed E-state index contributed by atoms with van der Waals surface area (Å²) in [5, 5.41) is 22.1. The third-order valence-electron chi connectivity index (χ3n) is 7.00. The van der Waals surface area contributed by atoms with Crippen molar-refractivity contribution in [3.63, 3.8) is 0 Å². The van der Waals surface area contributed by atoms with Crippen LogP contribution in [0.1, 0.15) is 45.2 Å². The van der Waals surface area contributed by atoms with Gasteiger partial charge >= 0.3 is 5.97 Å². The summed E-state index contributed by atoms with van der Waals surface area (Å²) < 4.78 is 0. The van der Waals surface area contributed by atoms with E-state index >= 15 is 0 Å². The molecule has 0 radical (unpaired) electrons. The summed E-state index contributed by atoms with van der Waals surface area (Å²) >= 11 is 7.10. The van der Waals surface area contributed by atoms with Crippen LogP contribution in [0.2, 0.25) is 0 Å². The van der Waals surface area contributed by atoms with Crippen molar-refractivity contribution in [2.24, 2.45) is 17.4 Å². The van der Waals surface area contributed by atoms with Gasteiger partial charge in [0.05, 0.1) is 18.8 Å². The number of thioether (sulfide) groups is 2. The van der Waals surface area contributed by atoms with Crippen LogP contribution in [0.5, 0.6) is 0 Å². The number of aliphatic carboxylic acids is 1. The predicted octanol–water partition coefficient (Wildman–Crippen LogP) is -1.85. The zero-order valence-electron chi connectivity index (χ0n) is 28.0. The van der Waals surface area contributed by atoms with Crippen LogP contribution in [0.3, 0.4) is 0 Å². The number of hydrogen-bond acceptors (Lipinski definition) is 12. The van der Waals surface area contributed by atoms with Crippen LogP contribution >= 0.6 is 36.2 Å². The Morgan fingerprint density at radius 2 is 1.33 bits per heavy atom. The van der Waals surface area contributed by atoms with Crippen molar-refractivity contribution in [2.75, 3.05) is 29.8 Å². The molecule has 20 heteroatoms. The number of carbonyl (C=O) groups excluding carboxylic acids is 6. The maximum Gasteiger partial charge on any atom is 0.326 e. The molecule has 0 unspecified atom stereocenters. The van der Waals surface area contributed by atoms with Gasteiger partial charge in [-0.1, -0.05) is 13.8 Å². The van der Waals surface area contributed by atoms with Gasteiger partial charge < -0.3 is 48.1 Å². The van der Waals surface area contributed by atoms with Crippen molar-refractivity contribution in [1.82, 2.24) is 36.6 Å². The van der Waals surface area contributed by atoms with Crippen LogP contribution < -0.4 is 38.1 Å². The molecule has 0 saturated carbocycles. The van der Waals surface area contributed by atoms with Crippen LogP contribution in [-0.2, 0) is 40.0 Å². The van der Waals surface area contributed by atoms with Gasteiger partial charge in [-0.05, 0) is 49.2 Å². The zero-order valence-corrected chi connectivity index (χ0v) is 30.6. The number of nitrogens with two attached hydrogens (primary N) is 2. The fourth-order valence-electron chi connectivity index (χ4n) is 4.37. The third kappa shape index (κ3) is 16.6. The standard InChI is InChI=1S/C29H49N9O8S3/c1-15(2)9-19(26(42)34-18(6-8-49-4)25(41)37-21(29(45)46)11-23(31)39)35-27(43)20(10-16-12-32-14-33-16)36-28(44)22(13-47)38-24(40)17(30)5-7-48-3/h12,14-15,17-22,47H,5-11,13,30H2,1-4H3,(H2,31,39)(H,32,33)(H,34,42)(H,35,43)(H,36,44)(H,37,41)(H,38,40)(H,45,46)/t17-,18-,19-,20-,21-,22-/m0/s1. The second kappa shape index (κ2) is 23.0. The summed E-state index contributed by atoms with van der Waals surface area (Å²) in [4.78, 5) is 96.0. The number of nitrogens with one attached hydrogen (secondary N) is 6. The number of nitrogens with zero attached hydrogens (tertiary/aromatic N) is 1. The average Bonchev–Trinajstić information content (AvgIpc) is 3.55. The number of aromatic amines is 1. The molecule has 0 aliphatic heterocycles. The quantitative estimate of drug-likeness (QED) is 0.0522. The van der Waals surface area contributed by atoms with E-state index in [0.29, 0.717) is 23.6 Å². The Kier molecular flexibility index (Phi) is 20.4. The topological polar surface area (TPSA) is 281 Å². The normalized spacial score (nSPS) is 14.8. The van der Waals surface area contributed by atoms with Crippen LogP contribution in [0.15, 0.2) is 12.5 Å². The minimum absolute atomic E-state index is 0.0523. The molecule has 6 amide bonds. The average molecular weight is 748 g/mol. The summed E-state index contributed by atoms with van der Waals surface area (Å²) in [5.41, 5.74) is 11.6. The molecule has 0 aliphatic rings. The van der Waals surface area contributed by atoms with Crippen molar-refractivity contribution in [3.05, 3.63) is 18.2 Å². The lowest BCUT2D eigenvalue weighted by Crippen LogP contribution is -2.60. The Hall–Kier alpha value is -3.49. The third-order valence-corrected chi connectivity index (χ3v) is 8.65. The van der Waals surface area contributed by atoms with Gasteiger partial charge in [-0.3, -0.25) is 28.8 Å². The minimum Gasteiger partial charge on any atom is -0.480 e. The Balaban J connectivity index is 3.22. The van der Waals surface area contributed by atoms with E-state index in [4.69, 9.17) is 11.5 Å². The smallest absolute Gasteiger partial charge is 0.326 e. The Morgan fingerprint density at radius 3 is 1.86 bits per heavy atom. The van der Waals surface area contributed by atoms with Gasteiger partial charge in [0.15, 0.2) is 0 Å². The molecule has 1 aromatic rings. The summed E-state index contributed by atoms with van der Waals surface area (Å²) in [6, 6.07) is -7.18. The molecule has 6 atom stereocenters. The van der Waals surface area contributed by atoms with Crippen molar-refractivity contribution in [3.8, 4) is 0 Å². The Morgan fingerprint density at radius 1 is 0.816 bits per heavy atom. The number of carboxylic acid groups (broad SMARTS) is 1. The largest absolute Gasteiger partial charge is 0.480 e. The first kappa shape index (κ1) is 43.5. The van der Waals surface area contributed by atoms with Gasteiger partial charge in [-0.15, -0.1) is 0 Å². The number of hydrogen-bond donors (Lipinski definition) is 10. The monoisotopic (exact) mass is 747 g/mol. The summed E-state index contributed by atoms with van der Waals surface area (Å²) in [7, 11) is 0. The van der Waals surface area contributed by atoms with Gasteiger partial charge in [-0.2, -0.15) is 36.2 Å². The number of amides is 6. The maximum absolute atomic E-state index is 13.7. The molecule has 0 saturated heterocycles. The lowest BCUT2D eigenvalue weighted by Gasteiger charge is -2.27. The highest BCUT2D eigenvalue weighted by atomic mass is 32.2. The van der Waals surface area contributed by atoms with Crippen molar-refractivity contribution < 1.29 is 38.7 Å². The molecule has 0 aliphatic carbocycles. The number of rotatable bonds is 24. The van der Waals surface area contributed by atoms with Crippen LogP contribution in [-0.4, -0.2) is 123 Å². The van der Waals surface area contributed by atoms with E-state index in [0.717, 1.165) is 0 Å². The fraction of sp³-hybridized carbons (Fsp3) is 0.655. The summed E-state index contributed by atoms with van der Waals surface area (Å²) in [6.45, 7) is 3.64. The second-order valence-corrected chi connectivity index (χ2v) is 13.9.